The summed E-state index contributed by atoms with van der Waals surface area (Å²) in [6.45, 7) is 2.70. The highest BCUT2D eigenvalue weighted by atomic mass is 16.2. The number of hydrogen-bond donors (Lipinski definition) is 1. The molecule has 0 bridgehead atoms. The third kappa shape index (κ3) is 1.88. The van der Waals surface area contributed by atoms with Crippen LogP contribution in [0.3, 0.4) is 0 Å². The fraction of sp³-hybridized carbons (Fsp3) is 0.348. The largest absolute Gasteiger partial charge is 0.324 e. The smallest absolute Gasteiger partial charge is 0.250 e. The lowest BCUT2D eigenvalue weighted by molar-refractivity contribution is -0.135. The van der Waals surface area contributed by atoms with E-state index >= 15 is 0 Å². The molecule has 0 aliphatic carbocycles. The molecule has 3 saturated heterocycles. The average molecular weight is 387 g/mol. The minimum absolute atomic E-state index is 0.0798. The Balaban J connectivity index is 1.55. The molecular formula is C23H21N3O3. The van der Waals surface area contributed by atoms with Gasteiger partial charge in [0.2, 0.25) is 17.7 Å². The van der Waals surface area contributed by atoms with Crippen molar-refractivity contribution in [3.05, 3.63) is 59.7 Å². The summed E-state index contributed by atoms with van der Waals surface area (Å²) >= 11 is 0. The van der Waals surface area contributed by atoms with Crippen molar-refractivity contribution in [2.75, 3.05) is 16.8 Å². The highest BCUT2D eigenvalue weighted by Crippen LogP contribution is 2.60. The summed E-state index contributed by atoms with van der Waals surface area (Å²) in [7, 11) is 0. The molecule has 0 aromatic heterocycles. The number of aryl methyl sites for hydroxylation is 1. The lowest BCUT2D eigenvalue weighted by Crippen LogP contribution is -2.54. The molecule has 1 spiro atoms. The van der Waals surface area contributed by atoms with Gasteiger partial charge in [-0.15, -0.1) is 0 Å². The molecule has 146 valence electrons. The van der Waals surface area contributed by atoms with Gasteiger partial charge in [0.05, 0.1) is 17.5 Å². The number of rotatable bonds is 1. The Labute approximate surface area is 168 Å². The minimum atomic E-state index is -1.09. The van der Waals surface area contributed by atoms with E-state index in [4.69, 9.17) is 0 Å². The second-order valence-electron chi connectivity index (χ2n) is 8.52. The zero-order valence-electron chi connectivity index (χ0n) is 16.1. The topological polar surface area (TPSA) is 69.7 Å². The Morgan fingerprint density at radius 3 is 2.55 bits per heavy atom. The first-order chi connectivity index (χ1) is 14.0. The molecule has 6 rings (SSSR count). The molecule has 1 N–H and O–H groups in total. The molecule has 0 saturated carbocycles. The van der Waals surface area contributed by atoms with Gasteiger partial charge in [0, 0.05) is 17.3 Å². The molecule has 29 heavy (non-hydrogen) atoms. The van der Waals surface area contributed by atoms with Crippen LogP contribution in [0.15, 0.2) is 48.5 Å². The number of hydrogen-bond acceptors (Lipinski definition) is 4. The summed E-state index contributed by atoms with van der Waals surface area (Å²) in [6.07, 6.45) is 1.76. The molecule has 4 aliphatic heterocycles. The van der Waals surface area contributed by atoms with Crippen LogP contribution in [-0.4, -0.2) is 35.2 Å². The van der Waals surface area contributed by atoms with E-state index in [0.29, 0.717) is 5.69 Å². The van der Waals surface area contributed by atoms with Gasteiger partial charge < -0.3 is 5.32 Å². The molecule has 3 fully saturated rings. The van der Waals surface area contributed by atoms with Crippen molar-refractivity contribution in [1.29, 1.82) is 0 Å². The molecule has 4 heterocycles. The Morgan fingerprint density at radius 1 is 1.00 bits per heavy atom. The van der Waals surface area contributed by atoms with E-state index in [0.717, 1.165) is 36.2 Å². The molecule has 2 aromatic rings. The van der Waals surface area contributed by atoms with Crippen LogP contribution in [0.25, 0.3) is 0 Å². The number of anilines is 2. The first-order valence-electron chi connectivity index (χ1n) is 10.2. The van der Waals surface area contributed by atoms with Crippen LogP contribution < -0.4 is 10.2 Å². The second kappa shape index (κ2) is 5.54. The molecule has 4 aliphatic rings. The zero-order valence-corrected chi connectivity index (χ0v) is 16.1. The highest BCUT2D eigenvalue weighted by Gasteiger charge is 2.74. The number of imide groups is 1. The van der Waals surface area contributed by atoms with E-state index in [1.54, 1.807) is 0 Å². The van der Waals surface area contributed by atoms with E-state index < -0.39 is 17.4 Å². The number of benzene rings is 2. The van der Waals surface area contributed by atoms with Crippen molar-refractivity contribution in [1.82, 2.24) is 4.90 Å². The van der Waals surface area contributed by atoms with Crippen LogP contribution >= 0.6 is 0 Å². The van der Waals surface area contributed by atoms with Gasteiger partial charge in [-0.3, -0.25) is 19.3 Å². The predicted molar refractivity (Wildman–Crippen MR) is 107 cm³/mol. The van der Waals surface area contributed by atoms with Crippen molar-refractivity contribution < 1.29 is 14.4 Å². The Bertz CT molecular complexity index is 1080. The standard InChI is InChI=1S/C23H21N3O3/c1-13-8-10-14(11-9-13)26-20(27)18-17-7-4-12-25(17)23(19(18)21(26)28)15-5-2-3-6-16(15)24-22(23)29/h2-3,5-6,8-11,17-19H,4,7,12H2,1H3,(H,24,29). The van der Waals surface area contributed by atoms with E-state index in [1.165, 1.54) is 4.90 Å². The van der Waals surface area contributed by atoms with Gasteiger partial charge in [-0.25, -0.2) is 4.90 Å². The van der Waals surface area contributed by atoms with Gasteiger partial charge in [-0.2, -0.15) is 0 Å². The fourth-order valence-corrected chi connectivity index (χ4v) is 6.11. The van der Waals surface area contributed by atoms with Crippen molar-refractivity contribution in [2.45, 2.75) is 31.3 Å². The van der Waals surface area contributed by atoms with Crippen LogP contribution in [0.2, 0.25) is 0 Å². The van der Waals surface area contributed by atoms with Crippen LogP contribution in [0.1, 0.15) is 24.0 Å². The summed E-state index contributed by atoms with van der Waals surface area (Å²) in [6, 6.07) is 14.9. The van der Waals surface area contributed by atoms with Crippen LogP contribution in [0, 0.1) is 18.8 Å². The average Bonchev–Trinajstić information content (AvgIpc) is 3.41. The second-order valence-corrected chi connectivity index (χ2v) is 8.52. The van der Waals surface area contributed by atoms with Crippen molar-refractivity contribution in [3.8, 4) is 0 Å². The van der Waals surface area contributed by atoms with Gasteiger partial charge in [-0.1, -0.05) is 35.9 Å². The molecule has 4 atom stereocenters. The van der Waals surface area contributed by atoms with E-state index in [9.17, 15) is 14.4 Å². The summed E-state index contributed by atoms with van der Waals surface area (Å²) in [5.74, 6) is -1.78. The third-order valence-corrected chi connectivity index (χ3v) is 7.19. The number of fused-ring (bicyclic) bond motifs is 7. The molecule has 0 radical (unpaired) electrons. The normalized spacial score (nSPS) is 32.7. The quantitative estimate of drug-likeness (QED) is 0.763. The lowest BCUT2D eigenvalue weighted by atomic mass is 9.75. The van der Waals surface area contributed by atoms with Crippen molar-refractivity contribution in [3.63, 3.8) is 0 Å². The van der Waals surface area contributed by atoms with E-state index in [1.807, 2.05) is 55.5 Å². The first kappa shape index (κ1) is 16.9. The van der Waals surface area contributed by atoms with Crippen molar-refractivity contribution >= 4 is 29.1 Å². The molecular weight excluding hydrogens is 366 g/mol. The van der Waals surface area contributed by atoms with E-state index in [-0.39, 0.29) is 23.8 Å². The first-order valence-corrected chi connectivity index (χ1v) is 10.2. The lowest BCUT2D eigenvalue weighted by Gasteiger charge is -2.36. The monoisotopic (exact) mass is 387 g/mol. The number of nitrogens with one attached hydrogen (secondary N) is 1. The molecule has 4 unspecified atom stereocenters. The molecule has 3 amide bonds. The number of para-hydroxylation sites is 1. The highest BCUT2D eigenvalue weighted by molar-refractivity contribution is 6.25. The van der Waals surface area contributed by atoms with E-state index in [2.05, 4.69) is 10.2 Å². The molecule has 2 aromatic carbocycles. The summed E-state index contributed by atoms with van der Waals surface area (Å²) in [5.41, 5.74) is 2.14. The SMILES string of the molecule is Cc1ccc(N2C(=O)C3C4CCCN4C4(C(=O)Nc5ccccc54)C3C2=O)cc1. The van der Waals surface area contributed by atoms with Crippen molar-refractivity contribution in [2.24, 2.45) is 11.8 Å². The maximum absolute atomic E-state index is 13.7. The molecule has 6 nitrogen and oxygen atoms in total. The van der Waals surface area contributed by atoms with Gasteiger partial charge in [0.1, 0.15) is 5.54 Å². The Kier molecular flexibility index (Phi) is 3.23. The van der Waals surface area contributed by atoms with Crippen LogP contribution in [-0.2, 0) is 19.9 Å². The van der Waals surface area contributed by atoms with Gasteiger partial charge in [-0.05, 0) is 44.5 Å². The summed E-state index contributed by atoms with van der Waals surface area (Å²) < 4.78 is 0. The number of carbonyl (C=O) groups is 3. The minimum Gasteiger partial charge on any atom is -0.324 e. The third-order valence-electron chi connectivity index (χ3n) is 7.19. The predicted octanol–water partition coefficient (Wildman–Crippen LogP) is 2.43. The fourth-order valence-electron chi connectivity index (χ4n) is 6.11. The Hall–Kier alpha value is -2.99. The number of amides is 3. The van der Waals surface area contributed by atoms with Crippen LogP contribution in [0.4, 0.5) is 11.4 Å². The van der Waals surface area contributed by atoms with Gasteiger partial charge in [0.25, 0.3) is 0 Å². The summed E-state index contributed by atoms with van der Waals surface area (Å²) in [5, 5.41) is 2.99. The van der Waals surface area contributed by atoms with Crippen LogP contribution in [0.5, 0.6) is 0 Å². The molecule has 6 heteroatoms. The maximum Gasteiger partial charge on any atom is 0.250 e. The summed E-state index contributed by atoms with van der Waals surface area (Å²) in [4.78, 5) is 44.2. The zero-order chi connectivity index (χ0) is 19.9. The van der Waals surface area contributed by atoms with Gasteiger partial charge in [0.15, 0.2) is 0 Å². The number of carbonyl (C=O) groups excluding carboxylic acids is 3. The number of nitrogens with zero attached hydrogens (tertiary/aromatic N) is 2. The Morgan fingerprint density at radius 2 is 1.76 bits per heavy atom. The maximum atomic E-state index is 13.7. The van der Waals surface area contributed by atoms with Gasteiger partial charge >= 0.3 is 0 Å².